The van der Waals surface area contributed by atoms with E-state index in [0.29, 0.717) is 27.4 Å². The maximum atomic E-state index is 16.2. The quantitative estimate of drug-likeness (QED) is 0.234. The van der Waals surface area contributed by atoms with Crippen molar-refractivity contribution in [3.8, 4) is 22.8 Å². The van der Waals surface area contributed by atoms with Crippen molar-refractivity contribution in [3.63, 3.8) is 0 Å². The number of hydrogen-bond donors (Lipinski definition) is 3. The average molecular weight is 658 g/mol. The van der Waals surface area contributed by atoms with Crippen LogP contribution in [0, 0.1) is 12.7 Å². The maximum absolute atomic E-state index is 16.2. The van der Waals surface area contributed by atoms with Crippen LogP contribution in [0.2, 0.25) is 10.0 Å². The Hall–Kier alpha value is -4.06. The van der Waals surface area contributed by atoms with Crippen molar-refractivity contribution in [1.82, 2.24) is 15.3 Å². The van der Waals surface area contributed by atoms with Gasteiger partial charge in [0.15, 0.2) is 5.60 Å². The van der Waals surface area contributed by atoms with Gasteiger partial charge in [0.1, 0.15) is 46.2 Å². The number of nitrogens with two attached hydrogens (primary N) is 1. The number of carbonyl (C=O) groups excluding carboxylic acids is 2. The van der Waals surface area contributed by atoms with Gasteiger partial charge < -0.3 is 25.6 Å². The first-order chi connectivity index (χ1) is 21.2. The van der Waals surface area contributed by atoms with Gasteiger partial charge in [-0.1, -0.05) is 23.2 Å². The van der Waals surface area contributed by atoms with Crippen molar-refractivity contribution in [2.75, 3.05) is 20.3 Å². The second-order valence-corrected chi connectivity index (χ2v) is 12.5. The van der Waals surface area contributed by atoms with Gasteiger partial charge in [0.05, 0.1) is 30.1 Å². The van der Waals surface area contributed by atoms with Crippen molar-refractivity contribution >= 4 is 45.9 Å². The van der Waals surface area contributed by atoms with E-state index in [0.717, 1.165) is 6.07 Å². The molecule has 234 valence electrons. The second kappa shape index (κ2) is 10.8. The van der Waals surface area contributed by atoms with E-state index in [1.807, 2.05) is 0 Å². The first kappa shape index (κ1) is 30.9. The molecule has 4 N–H and O–H groups in total. The average Bonchev–Trinajstić information content (AvgIpc) is 3.68. The van der Waals surface area contributed by atoms with Crippen LogP contribution in [-0.4, -0.2) is 52.8 Å². The summed E-state index contributed by atoms with van der Waals surface area (Å²) in [4.78, 5) is 35.0. The lowest BCUT2D eigenvalue weighted by Gasteiger charge is -2.33. The molecule has 9 nitrogen and oxygen atoms in total. The van der Waals surface area contributed by atoms with E-state index in [9.17, 15) is 14.7 Å². The number of pyridine rings is 2. The van der Waals surface area contributed by atoms with Crippen LogP contribution in [0.15, 0.2) is 42.5 Å². The van der Waals surface area contributed by atoms with Crippen LogP contribution >= 0.6 is 23.2 Å². The van der Waals surface area contributed by atoms with Crippen LogP contribution in [0.5, 0.6) is 11.5 Å². The van der Waals surface area contributed by atoms with E-state index >= 15 is 8.78 Å². The molecular formula is C32H28Cl2F2N4O5. The monoisotopic (exact) mass is 656 g/mol. The summed E-state index contributed by atoms with van der Waals surface area (Å²) in [6, 6.07) is 9.80. The van der Waals surface area contributed by atoms with Gasteiger partial charge in [0.25, 0.3) is 5.91 Å². The number of aryl methyl sites for hydroxylation is 1. The van der Waals surface area contributed by atoms with E-state index in [2.05, 4.69) is 15.3 Å². The summed E-state index contributed by atoms with van der Waals surface area (Å²) in [5.74, 6) is -1.74. The highest BCUT2D eigenvalue weighted by Crippen LogP contribution is 2.55. The van der Waals surface area contributed by atoms with Gasteiger partial charge in [-0.2, -0.15) is 0 Å². The van der Waals surface area contributed by atoms with Crippen molar-refractivity contribution in [2.45, 2.75) is 43.4 Å². The van der Waals surface area contributed by atoms with Crippen molar-refractivity contribution in [2.24, 2.45) is 5.73 Å². The number of aliphatic hydroxyl groups is 1. The number of amides is 2. The molecule has 0 spiro atoms. The third-order valence-corrected chi connectivity index (χ3v) is 9.27. The molecule has 0 saturated heterocycles. The Morgan fingerprint density at radius 1 is 1.18 bits per heavy atom. The molecule has 0 bridgehead atoms. The summed E-state index contributed by atoms with van der Waals surface area (Å²) in [6.45, 7) is 2.47. The van der Waals surface area contributed by atoms with Gasteiger partial charge in [-0.3, -0.25) is 9.59 Å². The number of primary amides is 1. The fraction of sp³-hybridized carbons (Fsp3) is 0.312. The van der Waals surface area contributed by atoms with Gasteiger partial charge in [0, 0.05) is 27.1 Å². The largest absolute Gasteiger partial charge is 0.494 e. The SMILES string of the molecule is COc1cc(C(=O)NC[C@](O)(c2cc3c(c(-c4cc(Cl)ccc4F)n2)OC[C@]3(C)C(N)=O)C2(F)CC2)cc2cc(Cl)c(C)nc12. The number of methoxy groups -OCH3 is 1. The fourth-order valence-corrected chi connectivity index (χ4v) is 5.91. The number of nitrogens with one attached hydrogen (secondary N) is 1. The van der Waals surface area contributed by atoms with Crippen LogP contribution in [0.3, 0.4) is 0 Å². The molecule has 13 heteroatoms. The Balaban J connectivity index is 1.44. The number of aromatic nitrogens is 2. The molecular weight excluding hydrogens is 629 g/mol. The third-order valence-electron chi connectivity index (χ3n) is 8.65. The number of ether oxygens (including phenoxy) is 2. The standard InChI is InChI=1S/C32H28Cl2F2N4O5/c1-15-21(34)9-16-8-17(10-23(44-3)25(16)39-15)28(41)38-13-32(43,31(36)6-7-31)24-12-20-27(45-14-30(20,2)29(37)42)26(40-24)19-11-18(33)4-5-22(19)35/h4-5,8-12,43H,6-7,13-14H2,1-3H3,(H2,37,42)(H,38,41)/t30-,32-/m0/s1. The number of hydrogen-bond acceptors (Lipinski definition) is 7. The van der Waals surface area contributed by atoms with E-state index < -0.39 is 40.9 Å². The Morgan fingerprint density at radius 3 is 2.58 bits per heavy atom. The molecule has 4 aromatic rings. The van der Waals surface area contributed by atoms with E-state index in [4.69, 9.17) is 38.4 Å². The molecule has 6 rings (SSSR count). The van der Waals surface area contributed by atoms with Crippen molar-refractivity contribution in [1.29, 1.82) is 0 Å². The number of carbonyl (C=O) groups is 2. The highest BCUT2D eigenvalue weighted by atomic mass is 35.5. The Morgan fingerprint density at radius 2 is 1.91 bits per heavy atom. The van der Waals surface area contributed by atoms with Crippen LogP contribution in [-0.2, 0) is 15.8 Å². The summed E-state index contributed by atoms with van der Waals surface area (Å²) in [6.07, 6.45) is -0.0637. The smallest absolute Gasteiger partial charge is 0.251 e. The molecule has 2 amide bonds. The Labute approximate surface area is 266 Å². The number of rotatable bonds is 8. The van der Waals surface area contributed by atoms with Gasteiger partial charge in [-0.15, -0.1) is 0 Å². The number of halogens is 4. The molecule has 0 unspecified atom stereocenters. The number of benzene rings is 2. The summed E-state index contributed by atoms with van der Waals surface area (Å²) < 4.78 is 42.6. The number of fused-ring (bicyclic) bond motifs is 2. The normalized spacial score (nSPS) is 19.4. The van der Waals surface area contributed by atoms with Gasteiger partial charge in [-0.25, -0.2) is 18.7 Å². The number of alkyl halides is 1. The van der Waals surface area contributed by atoms with E-state index in [-0.39, 0.29) is 58.3 Å². The predicted molar refractivity (Wildman–Crippen MR) is 164 cm³/mol. The molecule has 2 aliphatic rings. The minimum Gasteiger partial charge on any atom is -0.494 e. The van der Waals surface area contributed by atoms with Gasteiger partial charge in [-0.05, 0) is 69.2 Å². The first-order valence-corrected chi connectivity index (χ1v) is 14.7. The number of nitrogens with zero attached hydrogens (tertiary/aromatic N) is 2. The van der Waals surface area contributed by atoms with Crippen LogP contribution < -0.4 is 20.5 Å². The molecule has 1 aliphatic heterocycles. The predicted octanol–water partition coefficient (Wildman–Crippen LogP) is 5.31. The third kappa shape index (κ3) is 5.03. The molecule has 2 aromatic heterocycles. The molecule has 3 heterocycles. The molecule has 0 radical (unpaired) electrons. The fourth-order valence-electron chi connectivity index (χ4n) is 5.58. The molecule has 2 aromatic carbocycles. The highest BCUT2D eigenvalue weighted by Gasteiger charge is 2.62. The first-order valence-electron chi connectivity index (χ1n) is 14.0. The summed E-state index contributed by atoms with van der Waals surface area (Å²) in [5, 5.41) is 15.8. The second-order valence-electron chi connectivity index (χ2n) is 11.7. The molecule has 1 saturated carbocycles. The van der Waals surface area contributed by atoms with Gasteiger partial charge >= 0.3 is 0 Å². The molecule has 1 aliphatic carbocycles. The Kier molecular flexibility index (Phi) is 7.42. The van der Waals surface area contributed by atoms with Gasteiger partial charge in [0.2, 0.25) is 5.91 Å². The topological polar surface area (TPSA) is 137 Å². The minimum absolute atomic E-state index is 0.0318. The summed E-state index contributed by atoms with van der Waals surface area (Å²) in [7, 11) is 1.43. The lowest BCUT2D eigenvalue weighted by molar-refractivity contribution is -0.123. The minimum atomic E-state index is -2.40. The summed E-state index contributed by atoms with van der Waals surface area (Å²) in [5.41, 5.74) is 0.748. The lowest BCUT2D eigenvalue weighted by Crippen LogP contribution is -2.49. The van der Waals surface area contributed by atoms with Crippen LogP contribution in [0.1, 0.15) is 47.1 Å². The van der Waals surface area contributed by atoms with Crippen LogP contribution in [0.25, 0.3) is 22.2 Å². The van der Waals surface area contributed by atoms with Crippen molar-refractivity contribution in [3.05, 3.63) is 80.8 Å². The van der Waals surface area contributed by atoms with E-state index in [1.54, 1.807) is 19.1 Å². The van der Waals surface area contributed by atoms with Crippen molar-refractivity contribution < 1.29 is 33.0 Å². The lowest BCUT2D eigenvalue weighted by atomic mass is 9.80. The molecule has 2 atom stereocenters. The van der Waals surface area contributed by atoms with E-state index in [1.165, 1.54) is 38.3 Å². The highest BCUT2D eigenvalue weighted by molar-refractivity contribution is 6.32. The zero-order valence-corrected chi connectivity index (χ0v) is 25.9. The Bertz CT molecular complexity index is 1920. The zero-order chi connectivity index (χ0) is 32.5. The summed E-state index contributed by atoms with van der Waals surface area (Å²) >= 11 is 12.4. The molecule has 45 heavy (non-hydrogen) atoms. The molecule has 1 fully saturated rings. The maximum Gasteiger partial charge on any atom is 0.251 e. The van der Waals surface area contributed by atoms with Crippen LogP contribution in [0.4, 0.5) is 8.78 Å². The zero-order valence-electron chi connectivity index (χ0n) is 24.4.